The smallest absolute Gasteiger partial charge is 0.244 e. The van der Waals surface area contributed by atoms with Crippen molar-refractivity contribution >= 4 is 5.91 Å². The second kappa shape index (κ2) is 6.81. The van der Waals surface area contributed by atoms with Gasteiger partial charge in [0.15, 0.2) is 5.82 Å². The molecule has 112 valence electrons. The average Bonchev–Trinajstić information content (AvgIpc) is 3.04. The molecule has 20 heavy (non-hydrogen) atoms. The first-order chi connectivity index (χ1) is 9.63. The number of hydrogen-bond donors (Lipinski definition) is 1. The largest absolute Gasteiger partial charge is 0.380 e. The Hall–Kier alpha value is -1.47. The molecule has 0 spiro atoms. The minimum absolute atomic E-state index is 0.0673. The molecule has 2 heterocycles. The van der Waals surface area contributed by atoms with Crippen LogP contribution < -0.4 is 5.32 Å². The highest BCUT2D eigenvalue weighted by Crippen LogP contribution is 2.32. The van der Waals surface area contributed by atoms with Crippen LogP contribution in [0.5, 0.6) is 0 Å². The van der Waals surface area contributed by atoms with E-state index in [0.29, 0.717) is 18.1 Å². The van der Waals surface area contributed by atoms with Gasteiger partial charge in [0.05, 0.1) is 12.1 Å². The molecule has 2 atom stereocenters. The van der Waals surface area contributed by atoms with Crippen LogP contribution >= 0.6 is 0 Å². The summed E-state index contributed by atoms with van der Waals surface area (Å²) in [5, 5.41) is 6.48. The number of carbonyl (C=O) groups is 1. The molecule has 2 rings (SSSR count). The summed E-state index contributed by atoms with van der Waals surface area (Å²) in [5.41, 5.74) is 0. The molecule has 7 nitrogen and oxygen atoms in total. The van der Waals surface area contributed by atoms with E-state index >= 15 is 0 Å². The molecule has 0 aliphatic carbocycles. The van der Waals surface area contributed by atoms with Gasteiger partial charge in [0.2, 0.25) is 11.8 Å². The highest BCUT2D eigenvalue weighted by Gasteiger charge is 2.36. The molecule has 1 aromatic heterocycles. The van der Waals surface area contributed by atoms with Crippen LogP contribution in [0.15, 0.2) is 4.52 Å². The predicted molar refractivity (Wildman–Crippen MR) is 72.1 cm³/mol. The molecule has 1 fully saturated rings. The fourth-order valence-corrected chi connectivity index (χ4v) is 2.55. The van der Waals surface area contributed by atoms with Gasteiger partial charge in [0.25, 0.3) is 0 Å². The Bertz CT molecular complexity index is 449. The van der Waals surface area contributed by atoms with E-state index in [1.165, 1.54) is 0 Å². The summed E-state index contributed by atoms with van der Waals surface area (Å²) in [5.74, 6) is 1.35. The van der Waals surface area contributed by atoms with Crippen LogP contribution in [0.2, 0.25) is 0 Å². The van der Waals surface area contributed by atoms with Gasteiger partial charge in [0, 0.05) is 27.1 Å². The molecule has 1 aliphatic heterocycles. The van der Waals surface area contributed by atoms with Crippen molar-refractivity contribution in [3.8, 4) is 0 Å². The Morgan fingerprint density at radius 1 is 1.60 bits per heavy atom. The summed E-state index contributed by atoms with van der Waals surface area (Å²) < 4.78 is 10.7. The van der Waals surface area contributed by atoms with Gasteiger partial charge in [-0.15, -0.1) is 0 Å². The van der Waals surface area contributed by atoms with Crippen LogP contribution in [0, 0.1) is 6.92 Å². The number of ether oxygens (including phenoxy) is 1. The third-order valence-electron chi connectivity index (χ3n) is 3.65. The van der Waals surface area contributed by atoms with Crippen molar-refractivity contribution in [2.45, 2.75) is 38.3 Å². The van der Waals surface area contributed by atoms with Gasteiger partial charge in [-0.2, -0.15) is 4.98 Å². The highest BCUT2D eigenvalue weighted by atomic mass is 16.5. The molecule has 7 heteroatoms. The van der Waals surface area contributed by atoms with E-state index in [0.717, 1.165) is 25.9 Å². The van der Waals surface area contributed by atoms with Crippen molar-refractivity contribution in [1.82, 2.24) is 20.4 Å². The van der Waals surface area contributed by atoms with Gasteiger partial charge >= 0.3 is 0 Å². The Balaban J connectivity index is 1.95. The fraction of sp³-hybridized carbons (Fsp3) is 0.769. The average molecular weight is 282 g/mol. The molecule has 0 radical (unpaired) electrons. The fourth-order valence-electron chi connectivity index (χ4n) is 2.55. The summed E-state index contributed by atoms with van der Waals surface area (Å²) in [6.07, 6.45) is 2.35. The van der Waals surface area contributed by atoms with Crippen molar-refractivity contribution in [2.24, 2.45) is 0 Å². The highest BCUT2D eigenvalue weighted by molar-refractivity contribution is 5.75. The molecule has 1 saturated heterocycles. The summed E-state index contributed by atoms with van der Waals surface area (Å²) in [6, 6.07) is 0.0887. The normalized spacial score (nSPS) is 23.1. The second-order valence-corrected chi connectivity index (χ2v) is 5.06. The van der Waals surface area contributed by atoms with Crippen LogP contribution in [-0.4, -0.2) is 54.3 Å². The van der Waals surface area contributed by atoms with Crippen molar-refractivity contribution in [2.75, 3.05) is 27.2 Å². The van der Waals surface area contributed by atoms with Gasteiger partial charge < -0.3 is 14.6 Å². The zero-order chi connectivity index (χ0) is 14.5. The quantitative estimate of drug-likeness (QED) is 0.826. The first-order valence-electron chi connectivity index (χ1n) is 6.91. The molecular weight excluding hydrogens is 260 g/mol. The number of nitrogens with zero attached hydrogens (tertiary/aromatic N) is 3. The summed E-state index contributed by atoms with van der Waals surface area (Å²) in [6.45, 7) is 3.46. The van der Waals surface area contributed by atoms with E-state index in [1.807, 2.05) is 6.92 Å². The summed E-state index contributed by atoms with van der Waals surface area (Å²) in [4.78, 5) is 17.8. The molecule has 0 saturated carbocycles. The van der Waals surface area contributed by atoms with Crippen molar-refractivity contribution < 1.29 is 14.1 Å². The lowest BCUT2D eigenvalue weighted by Crippen LogP contribution is -2.28. The molecule has 0 bridgehead atoms. The third kappa shape index (κ3) is 3.55. The number of likely N-dealkylation sites (tertiary alicyclic amines) is 1. The lowest BCUT2D eigenvalue weighted by molar-refractivity contribution is -0.120. The van der Waals surface area contributed by atoms with E-state index in [4.69, 9.17) is 9.26 Å². The molecule has 1 aromatic rings. The van der Waals surface area contributed by atoms with E-state index in [1.54, 1.807) is 14.2 Å². The van der Waals surface area contributed by atoms with Crippen LogP contribution in [0.3, 0.4) is 0 Å². The van der Waals surface area contributed by atoms with Gasteiger partial charge in [-0.05, 0) is 26.3 Å². The Kier molecular flexibility index (Phi) is 5.08. The maximum Gasteiger partial charge on any atom is 0.244 e. The Morgan fingerprint density at radius 2 is 2.40 bits per heavy atom. The second-order valence-electron chi connectivity index (χ2n) is 5.06. The molecular formula is C13H22N4O3. The summed E-state index contributed by atoms with van der Waals surface area (Å²) >= 11 is 0. The first-order valence-corrected chi connectivity index (χ1v) is 6.91. The zero-order valence-electron chi connectivity index (χ0n) is 12.3. The standard InChI is InChI=1S/C13H22N4O3/c1-9-15-13(20-16-9)11-7-10(19-3)8-17(11)6-4-5-12(18)14-2/h10-11H,4-8H2,1-3H3,(H,14,18)/t10-,11+/m0/s1. The van der Waals surface area contributed by atoms with Crippen LogP contribution in [-0.2, 0) is 9.53 Å². The van der Waals surface area contributed by atoms with E-state index in [9.17, 15) is 4.79 Å². The maximum absolute atomic E-state index is 11.3. The van der Waals surface area contributed by atoms with Gasteiger partial charge in [-0.3, -0.25) is 9.69 Å². The number of aryl methyl sites for hydroxylation is 1. The number of nitrogens with one attached hydrogen (secondary N) is 1. The minimum Gasteiger partial charge on any atom is -0.380 e. The molecule has 1 amide bonds. The van der Waals surface area contributed by atoms with E-state index < -0.39 is 0 Å². The molecule has 0 aromatic carbocycles. The predicted octanol–water partition coefficient (Wildman–Crippen LogP) is 0.666. The zero-order valence-corrected chi connectivity index (χ0v) is 12.3. The molecule has 0 unspecified atom stereocenters. The first kappa shape index (κ1) is 14.9. The van der Waals surface area contributed by atoms with Crippen molar-refractivity contribution in [1.29, 1.82) is 0 Å². The number of carbonyl (C=O) groups excluding carboxylic acids is 1. The number of methoxy groups -OCH3 is 1. The lowest BCUT2D eigenvalue weighted by Gasteiger charge is -2.20. The van der Waals surface area contributed by atoms with E-state index in [-0.39, 0.29) is 18.1 Å². The van der Waals surface area contributed by atoms with Crippen LogP contribution in [0.25, 0.3) is 0 Å². The number of amides is 1. The Morgan fingerprint density at radius 3 is 3.00 bits per heavy atom. The van der Waals surface area contributed by atoms with E-state index in [2.05, 4.69) is 20.4 Å². The number of rotatable bonds is 6. The van der Waals surface area contributed by atoms with Crippen LogP contribution in [0.1, 0.15) is 37.0 Å². The maximum atomic E-state index is 11.3. The third-order valence-corrected chi connectivity index (χ3v) is 3.65. The minimum atomic E-state index is 0.0673. The van der Waals surface area contributed by atoms with Crippen molar-refractivity contribution in [3.05, 3.63) is 11.7 Å². The van der Waals surface area contributed by atoms with Gasteiger partial charge in [-0.1, -0.05) is 5.16 Å². The monoisotopic (exact) mass is 282 g/mol. The van der Waals surface area contributed by atoms with Crippen molar-refractivity contribution in [3.63, 3.8) is 0 Å². The van der Waals surface area contributed by atoms with Crippen LogP contribution in [0.4, 0.5) is 0 Å². The topological polar surface area (TPSA) is 80.5 Å². The lowest BCUT2D eigenvalue weighted by atomic mass is 10.2. The SMILES string of the molecule is CNC(=O)CCCN1C[C@@H](OC)C[C@@H]1c1nc(C)no1. The molecule has 1 N–H and O–H groups in total. The number of hydrogen-bond acceptors (Lipinski definition) is 6. The number of aromatic nitrogens is 2. The van der Waals surface area contributed by atoms with Gasteiger partial charge in [-0.25, -0.2) is 0 Å². The van der Waals surface area contributed by atoms with Gasteiger partial charge in [0.1, 0.15) is 0 Å². The summed E-state index contributed by atoms with van der Waals surface area (Å²) in [7, 11) is 3.37. The molecule has 1 aliphatic rings. The Labute approximate surface area is 118 Å².